The van der Waals surface area contributed by atoms with Crippen LogP contribution in [0.2, 0.25) is 0 Å². The molecular formula is C11H7BrN4OS. The quantitative estimate of drug-likeness (QED) is 0.748. The van der Waals surface area contributed by atoms with Gasteiger partial charge in [0.2, 0.25) is 0 Å². The van der Waals surface area contributed by atoms with Gasteiger partial charge in [0.15, 0.2) is 5.65 Å². The van der Waals surface area contributed by atoms with Crippen molar-refractivity contribution in [2.24, 2.45) is 5.73 Å². The first-order valence-corrected chi connectivity index (χ1v) is 6.72. The minimum atomic E-state index is -0.635. The van der Waals surface area contributed by atoms with Crippen LogP contribution in [0.15, 0.2) is 34.2 Å². The number of hydrogen-bond acceptors (Lipinski definition) is 4. The van der Waals surface area contributed by atoms with Crippen molar-refractivity contribution in [1.82, 2.24) is 14.8 Å². The summed E-state index contributed by atoms with van der Waals surface area (Å²) in [7, 11) is 0. The van der Waals surface area contributed by atoms with Crippen LogP contribution in [0.1, 0.15) is 0 Å². The Morgan fingerprint density at radius 2 is 2.17 bits per heavy atom. The topological polar surface area (TPSA) is 73.8 Å². The van der Waals surface area contributed by atoms with Crippen molar-refractivity contribution in [2.45, 2.75) is 0 Å². The van der Waals surface area contributed by atoms with E-state index in [0.29, 0.717) is 11.3 Å². The average Bonchev–Trinajstić information content (AvgIpc) is 2.90. The van der Waals surface area contributed by atoms with Crippen LogP contribution >= 0.6 is 27.3 Å². The maximum Gasteiger partial charge on any atom is 0.341 e. The van der Waals surface area contributed by atoms with Gasteiger partial charge >= 0.3 is 6.03 Å². The fraction of sp³-hybridized carbons (Fsp3) is 0. The predicted octanol–water partition coefficient (Wildman–Crippen LogP) is 2.85. The third-order valence-corrected chi connectivity index (χ3v) is 4.02. The summed E-state index contributed by atoms with van der Waals surface area (Å²) in [5.41, 5.74) is 9.07. The van der Waals surface area contributed by atoms with Crippen molar-refractivity contribution >= 4 is 43.6 Å². The number of hydrogen-bond donors (Lipinski definition) is 1. The molecule has 0 aliphatic heterocycles. The summed E-state index contributed by atoms with van der Waals surface area (Å²) in [6.07, 6.45) is 0. The number of carbonyl (C=O) groups excluding carboxylic acids is 1. The molecule has 2 N–H and O–H groups in total. The van der Waals surface area contributed by atoms with E-state index >= 15 is 0 Å². The Bertz CT molecular complexity index is 748. The number of aromatic nitrogens is 3. The lowest BCUT2D eigenvalue weighted by Gasteiger charge is -1.99. The summed E-state index contributed by atoms with van der Waals surface area (Å²) in [6.45, 7) is 0. The summed E-state index contributed by atoms with van der Waals surface area (Å²) in [5.74, 6) is 0. The number of fused-ring (bicyclic) bond motifs is 1. The van der Waals surface area contributed by atoms with Gasteiger partial charge in [0, 0.05) is 10.0 Å². The molecule has 5 nitrogen and oxygen atoms in total. The lowest BCUT2D eigenvalue weighted by molar-refractivity contribution is 0.248. The van der Waals surface area contributed by atoms with Gasteiger partial charge in [0.25, 0.3) is 0 Å². The number of nitrogens with two attached hydrogens (primary N) is 1. The van der Waals surface area contributed by atoms with E-state index in [-0.39, 0.29) is 0 Å². The van der Waals surface area contributed by atoms with Gasteiger partial charge in [-0.1, -0.05) is 34.1 Å². The normalized spacial score (nSPS) is 10.9. The molecule has 0 atom stereocenters. The standard InChI is InChI=1S/C11H7BrN4OS/c12-7-4-2-1-3-6(7)8-9-10(14-5-18-9)16(15-8)11(13)17/h1-5H,(H2,13,17). The molecule has 2 aromatic heterocycles. The monoisotopic (exact) mass is 322 g/mol. The molecule has 18 heavy (non-hydrogen) atoms. The van der Waals surface area contributed by atoms with Crippen LogP contribution in [-0.2, 0) is 0 Å². The van der Waals surface area contributed by atoms with Crippen molar-refractivity contribution in [3.05, 3.63) is 34.2 Å². The summed E-state index contributed by atoms with van der Waals surface area (Å²) < 4.78 is 2.88. The number of amides is 1. The molecule has 90 valence electrons. The summed E-state index contributed by atoms with van der Waals surface area (Å²) >= 11 is 4.90. The van der Waals surface area contributed by atoms with Gasteiger partial charge in [-0.3, -0.25) is 0 Å². The maximum absolute atomic E-state index is 11.3. The van der Waals surface area contributed by atoms with Gasteiger partial charge in [-0.25, -0.2) is 9.78 Å². The Morgan fingerprint density at radius 1 is 1.39 bits per heavy atom. The predicted molar refractivity (Wildman–Crippen MR) is 73.5 cm³/mol. The highest BCUT2D eigenvalue weighted by molar-refractivity contribution is 9.10. The zero-order valence-corrected chi connectivity index (χ0v) is 11.4. The summed E-state index contributed by atoms with van der Waals surface area (Å²) in [4.78, 5) is 15.4. The van der Waals surface area contributed by atoms with Gasteiger partial charge in [-0.2, -0.15) is 9.78 Å². The lowest BCUT2D eigenvalue weighted by atomic mass is 10.1. The van der Waals surface area contributed by atoms with Crippen LogP contribution in [0.5, 0.6) is 0 Å². The van der Waals surface area contributed by atoms with E-state index < -0.39 is 6.03 Å². The second-order valence-corrected chi connectivity index (χ2v) is 5.29. The summed E-state index contributed by atoms with van der Waals surface area (Å²) in [6, 6.07) is 7.05. The number of nitrogens with zero attached hydrogens (tertiary/aromatic N) is 3. The largest absolute Gasteiger partial charge is 0.350 e. The maximum atomic E-state index is 11.3. The molecule has 1 amide bonds. The van der Waals surface area contributed by atoms with Crippen LogP contribution in [-0.4, -0.2) is 20.8 Å². The Hall–Kier alpha value is -1.73. The van der Waals surface area contributed by atoms with E-state index in [0.717, 1.165) is 19.4 Å². The number of thiazole rings is 1. The molecule has 3 rings (SSSR count). The highest BCUT2D eigenvalue weighted by Crippen LogP contribution is 2.34. The highest BCUT2D eigenvalue weighted by Gasteiger charge is 2.18. The van der Waals surface area contributed by atoms with E-state index in [1.165, 1.54) is 11.3 Å². The number of carbonyl (C=O) groups is 1. The molecule has 0 bridgehead atoms. The molecule has 0 saturated carbocycles. The third-order valence-electron chi connectivity index (χ3n) is 2.50. The Kier molecular flexibility index (Phi) is 2.64. The van der Waals surface area contributed by atoms with Gasteiger partial charge in [0.05, 0.1) is 5.51 Å². The fourth-order valence-electron chi connectivity index (χ4n) is 1.73. The fourth-order valence-corrected chi connectivity index (χ4v) is 2.97. The third kappa shape index (κ3) is 1.63. The van der Waals surface area contributed by atoms with Crippen molar-refractivity contribution in [1.29, 1.82) is 0 Å². The van der Waals surface area contributed by atoms with E-state index in [2.05, 4.69) is 26.0 Å². The first kappa shape index (κ1) is 11.4. The van der Waals surface area contributed by atoms with E-state index in [4.69, 9.17) is 5.73 Å². The molecule has 0 aliphatic rings. The van der Waals surface area contributed by atoms with E-state index in [1.54, 1.807) is 5.51 Å². The van der Waals surface area contributed by atoms with Crippen LogP contribution in [0.3, 0.4) is 0 Å². The van der Waals surface area contributed by atoms with Crippen molar-refractivity contribution < 1.29 is 4.79 Å². The second-order valence-electron chi connectivity index (χ2n) is 3.58. The summed E-state index contributed by atoms with van der Waals surface area (Å²) in [5, 5.41) is 4.24. The lowest BCUT2D eigenvalue weighted by Crippen LogP contribution is -2.20. The van der Waals surface area contributed by atoms with Gasteiger partial charge in [-0.05, 0) is 6.07 Å². The molecule has 0 saturated heterocycles. The molecule has 3 aromatic rings. The second kappa shape index (κ2) is 4.18. The van der Waals surface area contributed by atoms with Gasteiger partial charge in [0.1, 0.15) is 10.4 Å². The smallest absolute Gasteiger partial charge is 0.341 e. The van der Waals surface area contributed by atoms with Crippen molar-refractivity contribution in [2.75, 3.05) is 0 Å². The van der Waals surface area contributed by atoms with E-state index in [9.17, 15) is 4.79 Å². The zero-order valence-electron chi connectivity index (χ0n) is 9.00. The SMILES string of the molecule is NC(=O)n1nc(-c2ccccc2Br)c2scnc21. The molecule has 0 spiro atoms. The highest BCUT2D eigenvalue weighted by atomic mass is 79.9. The molecule has 0 radical (unpaired) electrons. The molecule has 0 aliphatic carbocycles. The number of halogens is 1. The molecule has 7 heteroatoms. The molecular weight excluding hydrogens is 316 g/mol. The molecule has 1 aromatic carbocycles. The van der Waals surface area contributed by atoms with Crippen LogP contribution in [0.25, 0.3) is 21.6 Å². The Morgan fingerprint density at radius 3 is 2.89 bits per heavy atom. The molecule has 2 heterocycles. The minimum Gasteiger partial charge on any atom is -0.350 e. The van der Waals surface area contributed by atoms with Crippen LogP contribution < -0.4 is 5.73 Å². The van der Waals surface area contributed by atoms with Crippen LogP contribution in [0, 0.1) is 0 Å². The Balaban J connectivity index is 2.33. The van der Waals surface area contributed by atoms with Crippen molar-refractivity contribution in [3.8, 4) is 11.3 Å². The van der Waals surface area contributed by atoms with Gasteiger partial charge in [-0.15, -0.1) is 11.3 Å². The number of rotatable bonds is 1. The Labute approximate surface area is 114 Å². The van der Waals surface area contributed by atoms with Crippen LogP contribution in [0.4, 0.5) is 4.79 Å². The molecule has 0 unspecified atom stereocenters. The first-order chi connectivity index (χ1) is 8.68. The minimum absolute atomic E-state index is 0.498. The first-order valence-electron chi connectivity index (χ1n) is 5.05. The number of benzene rings is 1. The zero-order chi connectivity index (χ0) is 12.7. The average molecular weight is 323 g/mol. The van der Waals surface area contributed by atoms with Gasteiger partial charge < -0.3 is 5.73 Å². The molecule has 0 fully saturated rings. The van der Waals surface area contributed by atoms with Crippen molar-refractivity contribution in [3.63, 3.8) is 0 Å². The van der Waals surface area contributed by atoms with E-state index in [1.807, 2.05) is 24.3 Å². The number of primary amides is 1.